The first-order valence-corrected chi connectivity index (χ1v) is 19.3. The number of amides is 1. The SMILES string of the molecule is Nc1ncnc2c1c(C#CCNC(=O)CCCCCNc1ccc([N+](=O)[O-])cc1[N+](=O)[O-])cn2C1CC[C@@H](COP(=O)(O)OP(O)OP(=O)(O)O)O1. The predicted octanol–water partition coefficient (Wildman–Crippen LogP) is 3.11. The molecule has 3 heterocycles. The van der Waals surface area contributed by atoms with Crippen molar-refractivity contribution in [1.82, 2.24) is 19.9 Å². The molecule has 26 heteroatoms. The Morgan fingerprint density at radius 3 is 2.62 bits per heavy atom. The maximum absolute atomic E-state index is 12.3. The van der Waals surface area contributed by atoms with E-state index in [-0.39, 0.29) is 36.1 Å². The number of nitro benzene ring substituents is 2. The molecule has 0 bridgehead atoms. The van der Waals surface area contributed by atoms with Crippen LogP contribution in [-0.2, 0) is 31.8 Å². The van der Waals surface area contributed by atoms with E-state index in [9.17, 15) is 43.9 Å². The highest BCUT2D eigenvalue weighted by molar-refractivity contribution is 7.63. The number of nitrogens with two attached hydrogens (primary N) is 1. The highest BCUT2D eigenvalue weighted by atomic mass is 31.3. The molecule has 3 aromatic rings. The highest BCUT2D eigenvalue weighted by Crippen LogP contribution is 2.61. The molecule has 1 saturated heterocycles. The van der Waals surface area contributed by atoms with Crippen LogP contribution < -0.4 is 16.4 Å². The third-order valence-corrected chi connectivity index (χ3v) is 10.5. The van der Waals surface area contributed by atoms with Gasteiger partial charge in [-0.05, 0) is 31.7 Å². The number of nitro groups is 2. The van der Waals surface area contributed by atoms with E-state index in [1.807, 2.05) is 0 Å². The van der Waals surface area contributed by atoms with Crippen LogP contribution in [0.5, 0.6) is 0 Å². The smallest absolute Gasteiger partial charge is 0.383 e. The summed E-state index contributed by atoms with van der Waals surface area (Å²) in [4.78, 5) is 77.8. The lowest BCUT2D eigenvalue weighted by Gasteiger charge is -2.18. The van der Waals surface area contributed by atoms with Crippen LogP contribution in [0.3, 0.4) is 0 Å². The standard InChI is InChI=1S/C26H33N8O15P3/c27-25-24-17(5-4-12-29-22(35)6-2-1-3-11-28-20-9-7-18(33(36)37)13-21(20)34(38)39)14-32(26(24)31-16-30-25)23-10-8-19(47-23)15-46-52(44,45)49-50(40)48-51(41,42)43/h7,9,13-14,16,19,23,28,40H,1-3,6,8,10-12,15H2,(H,29,35)(H,44,45)(H2,27,30,31)(H2,41,42,43)/t19-,23?,50?/m0/s1. The molecule has 0 saturated carbocycles. The number of nitrogens with one attached hydrogen (secondary N) is 2. The molecule has 1 fully saturated rings. The second-order valence-corrected chi connectivity index (χ2v) is 14.8. The molecule has 2 aromatic heterocycles. The van der Waals surface area contributed by atoms with Crippen LogP contribution >= 0.6 is 24.2 Å². The lowest BCUT2D eigenvalue weighted by Crippen LogP contribution is -2.23. The van der Waals surface area contributed by atoms with E-state index in [4.69, 9.17) is 24.8 Å². The zero-order chi connectivity index (χ0) is 38.1. The number of hydrogen-bond donors (Lipinski definition) is 7. The second kappa shape index (κ2) is 18.1. The minimum Gasteiger partial charge on any atom is -0.383 e. The maximum Gasteiger partial charge on any atom is 0.479 e. The minimum atomic E-state index is -5.18. The van der Waals surface area contributed by atoms with Gasteiger partial charge in [0.25, 0.3) is 11.4 Å². The average Bonchev–Trinajstić information content (AvgIpc) is 3.68. The van der Waals surface area contributed by atoms with Crippen LogP contribution in [0.2, 0.25) is 0 Å². The number of phosphoric acid groups is 2. The summed E-state index contributed by atoms with van der Waals surface area (Å²) in [5.41, 5.74) is 6.32. The van der Waals surface area contributed by atoms with Crippen LogP contribution in [0.4, 0.5) is 22.9 Å². The van der Waals surface area contributed by atoms with E-state index in [1.165, 1.54) is 18.5 Å². The van der Waals surface area contributed by atoms with Crippen LogP contribution in [0, 0.1) is 32.1 Å². The first kappa shape index (κ1) is 40.6. The summed E-state index contributed by atoms with van der Waals surface area (Å²) in [6.45, 7) is -0.101. The fourth-order valence-electron chi connectivity index (χ4n) is 4.95. The molecular formula is C26H33N8O15P3. The number of phosphoric ester groups is 1. The van der Waals surface area contributed by atoms with Crippen LogP contribution in [0.15, 0.2) is 30.7 Å². The van der Waals surface area contributed by atoms with Crippen molar-refractivity contribution < 1.29 is 61.2 Å². The zero-order valence-electron chi connectivity index (χ0n) is 26.8. The molecule has 0 radical (unpaired) electrons. The lowest BCUT2D eigenvalue weighted by atomic mass is 10.1. The van der Waals surface area contributed by atoms with Gasteiger partial charge >= 0.3 is 24.2 Å². The van der Waals surface area contributed by atoms with Crippen molar-refractivity contribution in [3.63, 3.8) is 0 Å². The van der Waals surface area contributed by atoms with Crippen LogP contribution in [0.1, 0.15) is 50.3 Å². The molecule has 1 aliphatic heterocycles. The number of carbonyl (C=O) groups is 1. The quantitative estimate of drug-likeness (QED) is 0.0320. The second-order valence-electron chi connectivity index (χ2n) is 10.9. The normalized spacial score (nSPS) is 17.5. The Morgan fingerprint density at radius 2 is 1.90 bits per heavy atom. The van der Waals surface area contributed by atoms with Crippen molar-refractivity contribution in [3.8, 4) is 11.8 Å². The van der Waals surface area contributed by atoms with Gasteiger partial charge in [-0.15, -0.1) is 0 Å². The van der Waals surface area contributed by atoms with Gasteiger partial charge in [0.05, 0.1) is 46.1 Å². The largest absolute Gasteiger partial charge is 0.479 e. The van der Waals surface area contributed by atoms with Gasteiger partial charge in [0.2, 0.25) is 5.91 Å². The number of non-ortho nitro benzene ring substituents is 1. The van der Waals surface area contributed by atoms with Gasteiger partial charge < -0.3 is 45.2 Å². The Hall–Kier alpha value is -4.16. The van der Waals surface area contributed by atoms with Crippen molar-refractivity contribution in [3.05, 3.63) is 56.5 Å². The first-order valence-electron chi connectivity index (χ1n) is 15.1. The fourth-order valence-corrected chi connectivity index (χ4v) is 7.31. The van der Waals surface area contributed by atoms with E-state index in [2.05, 4.69) is 41.1 Å². The summed E-state index contributed by atoms with van der Waals surface area (Å²) in [7, 11) is -13.6. The highest BCUT2D eigenvalue weighted by Gasteiger charge is 2.35. The molecule has 52 heavy (non-hydrogen) atoms. The van der Waals surface area contributed by atoms with Crippen molar-refractivity contribution in [1.29, 1.82) is 0 Å². The van der Waals surface area contributed by atoms with Gasteiger partial charge in [0, 0.05) is 25.2 Å². The summed E-state index contributed by atoms with van der Waals surface area (Å²) >= 11 is 0. The Balaban J connectivity index is 1.24. The molecule has 3 unspecified atom stereocenters. The Labute approximate surface area is 295 Å². The number of ether oxygens (including phenoxy) is 1. The van der Waals surface area contributed by atoms with Crippen LogP contribution in [-0.4, -0.2) is 75.7 Å². The van der Waals surface area contributed by atoms with Gasteiger partial charge in [-0.3, -0.25) is 29.5 Å². The summed E-state index contributed by atoms with van der Waals surface area (Å²) in [5.74, 6) is 5.71. The topological polar surface area (TPSA) is 336 Å². The molecular weight excluding hydrogens is 757 g/mol. The third kappa shape index (κ3) is 11.9. The number of nitrogens with zero attached hydrogens (tertiary/aromatic N) is 5. The monoisotopic (exact) mass is 790 g/mol. The number of carbonyl (C=O) groups excluding carboxylic acids is 1. The molecule has 8 N–H and O–H groups in total. The van der Waals surface area contributed by atoms with Gasteiger partial charge in [0.15, 0.2) is 0 Å². The number of nitrogen functional groups attached to an aromatic ring is 1. The first-order chi connectivity index (χ1) is 24.5. The van der Waals surface area contributed by atoms with Crippen molar-refractivity contribution in [2.75, 3.05) is 30.7 Å². The van der Waals surface area contributed by atoms with Gasteiger partial charge in [-0.2, -0.15) is 0 Å². The molecule has 282 valence electrons. The predicted molar refractivity (Wildman–Crippen MR) is 181 cm³/mol. The van der Waals surface area contributed by atoms with Gasteiger partial charge in [-0.25, -0.2) is 27.7 Å². The molecule has 4 rings (SSSR count). The van der Waals surface area contributed by atoms with E-state index in [1.54, 1.807) is 10.8 Å². The zero-order valence-corrected chi connectivity index (χ0v) is 29.5. The fraction of sp³-hybridized carbons (Fsp3) is 0.423. The Bertz CT molecular complexity index is 1950. The van der Waals surface area contributed by atoms with Gasteiger partial charge in [0.1, 0.15) is 29.7 Å². The van der Waals surface area contributed by atoms with E-state index in [0.717, 1.165) is 6.07 Å². The number of fused-ring (bicyclic) bond motifs is 1. The molecule has 1 amide bonds. The number of benzene rings is 1. The van der Waals surface area contributed by atoms with Gasteiger partial charge in [-0.1, -0.05) is 18.3 Å². The minimum absolute atomic E-state index is 0.0162. The number of anilines is 2. The lowest BCUT2D eigenvalue weighted by molar-refractivity contribution is -0.393. The van der Waals surface area contributed by atoms with E-state index in [0.29, 0.717) is 55.2 Å². The van der Waals surface area contributed by atoms with Crippen molar-refractivity contribution in [2.45, 2.75) is 50.9 Å². The summed E-state index contributed by atoms with van der Waals surface area (Å²) < 4.78 is 43.2. The summed E-state index contributed by atoms with van der Waals surface area (Å²) in [6, 6.07) is 3.35. The molecule has 1 aliphatic rings. The molecule has 1 aromatic carbocycles. The van der Waals surface area contributed by atoms with Crippen molar-refractivity contribution in [2.24, 2.45) is 0 Å². The van der Waals surface area contributed by atoms with E-state index < -0.39 is 58.7 Å². The van der Waals surface area contributed by atoms with Crippen LogP contribution in [0.25, 0.3) is 11.0 Å². The molecule has 23 nitrogen and oxygen atoms in total. The summed E-state index contributed by atoms with van der Waals surface area (Å²) in [5, 5.41) is 28.2. The summed E-state index contributed by atoms with van der Waals surface area (Å²) in [6.07, 6.45) is 4.26. The Kier molecular flexibility index (Phi) is 14.1. The number of unbranched alkanes of at least 4 members (excludes halogenated alkanes) is 2. The Morgan fingerprint density at radius 1 is 1.13 bits per heavy atom. The number of rotatable bonds is 18. The van der Waals surface area contributed by atoms with Crippen molar-refractivity contribution >= 4 is 64.1 Å². The number of aromatic nitrogens is 3. The average molecular weight is 791 g/mol. The van der Waals surface area contributed by atoms with E-state index >= 15 is 0 Å². The molecule has 0 aliphatic carbocycles. The molecule has 4 atom stereocenters. The third-order valence-electron chi connectivity index (χ3n) is 7.19. The molecule has 0 spiro atoms. The number of hydrogen-bond acceptors (Lipinski definition) is 16. The maximum atomic E-state index is 12.3.